The fraction of sp³-hybridized carbons (Fsp3) is 0.583. The molecular formula is C24H33N3O6. The molecule has 1 aliphatic carbocycles. The number of aromatic nitrogens is 2. The minimum absolute atomic E-state index is 0.0538. The summed E-state index contributed by atoms with van der Waals surface area (Å²) in [5.74, 6) is 0.841. The Balaban J connectivity index is 1.62. The third-order valence-corrected chi connectivity index (χ3v) is 5.31. The zero-order chi connectivity index (χ0) is 24.0. The van der Waals surface area contributed by atoms with Crippen molar-refractivity contribution in [3.63, 3.8) is 0 Å². The monoisotopic (exact) mass is 459 g/mol. The van der Waals surface area contributed by atoms with E-state index in [0.717, 1.165) is 24.8 Å². The zero-order valence-electron chi connectivity index (χ0n) is 20.0. The summed E-state index contributed by atoms with van der Waals surface area (Å²) in [5, 5.41) is 6.75. The zero-order valence-corrected chi connectivity index (χ0v) is 20.0. The Morgan fingerprint density at radius 3 is 2.70 bits per heavy atom. The number of pyridine rings is 1. The number of rotatable bonds is 7. The van der Waals surface area contributed by atoms with Crippen molar-refractivity contribution in [1.82, 2.24) is 15.5 Å². The first-order valence-corrected chi connectivity index (χ1v) is 11.4. The van der Waals surface area contributed by atoms with Gasteiger partial charge in [-0.1, -0.05) is 5.16 Å². The molecule has 1 amide bonds. The van der Waals surface area contributed by atoms with Crippen LogP contribution in [0.1, 0.15) is 64.6 Å². The van der Waals surface area contributed by atoms with Crippen LogP contribution in [0.4, 0.5) is 4.79 Å². The van der Waals surface area contributed by atoms with Crippen LogP contribution in [0.25, 0.3) is 11.5 Å². The van der Waals surface area contributed by atoms with Gasteiger partial charge in [-0.15, -0.1) is 0 Å². The molecule has 2 aromatic rings. The number of nitrogens with zero attached hydrogens (tertiary/aromatic N) is 2. The molecule has 1 saturated carbocycles. The Hall–Kier alpha value is -3.10. The molecule has 1 aliphatic rings. The van der Waals surface area contributed by atoms with Gasteiger partial charge in [0.05, 0.1) is 37.1 Å². The number of ether oxygens (including phenoxy) is 3. The summed E-state index contributed by atoms with van der Waals surface area (Å²) in [6, 6.07) is 3.61. The number of aryl methyl sites for hydroxylation is 1. The number of hydrogen-bond acceptors (Lipinski definition) is 8. The predicted octanol–water partition coefficient (Wildman–Crippen LogP) is 4.57. The fourth-order valence-electron chi connectivity index (χ4n) is 3.78. The van der Waals surface area contributed by atoms with Crippen molar-refractivity contribution in [3.05, 3.63) is 29.6 Å². The second-order valence-electron chi connectivity index (χ2n) is 9.17. The largest absolute Gasteiger partial charge is 0.489 e. The molecule has 2 heterocycles. The minimum atomic E-state index is -0.581. The Kier molecular flexibility index (Phi) is 7.94. The molecule has 1 fully saturated rings. The fourth-order valence-corrected chi connectivity index (χ4v) is 3.78. The number of esters is 1. The molecule has 33 heavy (non-hydrogen) atoms. The van der Waals surface area contributed by atoms with Crippen LogP contribution in [0.3, 0.4) is 0 Å². The highest BCUT2D eigenvalue weighted by atomic mass is 16.6. The molecule has 3 rings (SSSR count). The van der Waals surface area contributed by atoms with Gasteiger partial charge in [-0.2, -0.15) is 0 Å². The third-order valence-electron chi connectivity index (χ3n) is 5.31. The first kappa shape index (κ1) is 24.5. The number of hydrogen-bond donors (Lipinski definition) is 1. The van der Waals surface area contributed by atoms with Gasteiger partial charge in [0.25, 0.3) is 0 Å². The molecule has 2 atom stereocenters. The lowest BCUT2D eigenvalue weighted by Gasteiger charge is -2.28. The van der Waals surface area contributed by atoms with Crippen molar-refractivity contribution < 1.29 is 28.3 Å². The predicted molar refractivity (Wildman–Crippen MR) is 121 cm³/mol. The van der Waals surface area contributed by atoms with Gasteiger partial charge in [0.2, 0.25) is 0 Å². The van der Waals surface area contributed by atoms with Gasteiger partial charge in [-0.05, 0) is 72.4 Å². The van der Waals surface area contributed by atoms with Crippen molar-refractivity contribution >= 4 is 12.1 Å². The van der Waals surface area contributed by atoms with Crippen molar-refractivity contribution in [2.45, 2.75) is 78.6 Å². The molecule has 1 N–H and O–H groups in total. The molecule has 0 aliphatic heterocycles. The van der Waals surface area contributed by atoms with Crippen LogP contribution in [0.15, 0.2) is 22.9 Å². The summed E-state index contributed by atoms with van der Waals surface area (Å²) < 4.78 is 22.0. The van der Waals surface area contributed by atoms with Crippen LogP contribution < -0.4 is 10.1 Å². The Morgan fingerprint density at radius 2 is 2.03 bits per heavy atom. The Morgan fingerprint density at radius 1 is 1.24 bits per heavy atom. The highest BCUT2D eigenvalue weighted by Crippen LogP contribution is 2.30. The first-order valence-electron chi connectivity index (χ1n) is 11.4. The lowest BCUT2D eigenvalue weighted by molar-refractivity contribution is -0.150. The molecule has 0 radical (unpaired) electrons. The summed E-state index contributed by atoms with van der Waals surface area (Å²) in [7, 11) is 0. The van der Waals surface area contributed by atoms with E-state index in [1.165, 1.54) is 0 Å². The molecular weight excluding hydrogens is 426 g/mol. The maximum Gasteiger partial charge on any atom is 0.407 e. The molecule has 0 spiro atoms. The summed E-state index contributed by atoms with van der Waals surface area (Å²) >= 11 is 0. The average molecular weight is 460 g/mol. The molecule has 0 aromatic carbocycles. The van der Waals surface area contributed by atoms with Gasteiger partial charge in [0.1, 0.15) is 17.0 Å². The summed E-state index contributed by atoms with van der Waals surface area (Å²) in [5.41, 5.74) is 1.39. The van der Waals surface area contributed by atoms with E-state index in [2.05, 4.69) is 15.5 Å². The van der Waals surface area contributed by atoms with Crippen molar-refractivity contribution in [1.29, 1.82) is 0 Å². The van der Waals surface area contributed by atoms with Crippen LogP contribution in [0.2, 0.25) is 0 Å². The molecule has 0 saturated heterocycles. The minimum Gasteiger partial charge on any atom is -0.489 e. The van der Waals surface area contributed by atoms with Gasteiger partial charge in [-0.25, -0.2) is 9.78 Å². The maximum atomic E-state index is 12.1. The van der Waals surface area contributed by atoms with Crippen molar-refractivity contribution in [2.75, 3.05) is 6.61 Å². The summed E-state index contributed by atoms with van der Waals surface area (Å²) in [6.07, 6.45) is 4.35. The quantitative estimate of drug-likeness (QED) is 0.599. The van der Waals surface area contributed by atoms with E-state index >= 15 is 0 Å². The number of carbonyl (C=O) groups excluding carboxylic acids is 2. The van der Waals surface area contributed by atoms with Crippen LogP contribution in [-0.4, -0.2) is 40.5 Å². The van der Waals surface area contributed by atoms with E-state index in [1.807, 2.05) is 13.0 Å². The molecule has 9 nitrogen and oxygen atoms in total. The Bertz CT molecular complexity index is 948. The van der Waals surface area contributed by atoms with Gasteiger partial charge in [0.15, 0.2) is 5.76 Å². The standard InChI is InChI=1S/C24H33N3O6/c1-6-30-22(28)16-8-7-9-17(12-16)31-18-10-11-20(25-13-18)21-19(15(2)27-33-21)14-26-23(29)32-24(3,4)5/h10-11,13,16-17H,6-9,12,14H2,1-5H3,(H,26,29)/t16-,17-/m0/s1. The molecule has 180 valence electrons. The normalized spacial score (nSPS) is 18.5. The molecule has 9 heteroatoms. The SMILES string of the molecule is CCOC(=O)[C@H]1CCC[C@H](Oc2ccc(-c3onc(C)c3CNC(=O)OC(C)(C)C)nc2)C1. The molecule has 2 aromatic heterocycles. The number of alkyl carbamates (subject to hydrolysis) is 1. The molecule has 0 bridgehead atoms. The summed E-state index contributed by atoms with van der Waals surface area (Å²) in [6.45, 7) is 9.64. The van der Waals surface area contributed by atoms with Gasteiger partial charge < -0.3 is 24.1 Å². The number of carbonyl (C=O) groups is 2. The van der Waals surface area contributed by atoms with E-state index in [-0.39, 0.29) is 24.5 Å². The lowest BCUT2D eigenvalue weighted by Crippen LogP contribution is -2.32. The summed E-state index contributed by atoms with van der Waals surface area (Å²) in [4.78, 5) is 28.5. The van der Waals surface area contributed by atoms with E-state index in [4.69, 9.17) is 18.7 Å². The van der Waals surface area contributed by atoms with E-state index < -0.39 is 11.7 Å². The van der Waals surface area contributed by atoms with Crippen molar-refractivity contribution in [3.8, 4) is 17.2 Å². The Labute approximate surface area is 194 Å². The van der Waals surface area contributed by atoms with E-state index in [9.17, 15) is 9.59 Å². The smallest absolute Gasteiger partial charge is 0.407 e. The van der Waals surface area contributed by atoms with Crippen LogP contribution in [0.5, 0.6) is 5.75 Å². The van der Waals surface area contributed by atoms with E-state index in [0.29, 0.717) is 35.9 Å². The average Bonchev–Trinajstić information content (AvgIpc) is 3.12. The van der Waals surface area contributed by atoms with E-state index in [1.54, 1.807) is 40.0 Å². The van der Waals surface area contributed by atoms with Crippen molar-refractivity contribution in [2.24, 2.45) is 5.92 Å². The lowest BCUT2D eigenvalue weighted by atomic mass is 9.87. The second kappa shape index (κ2) is 10.7. The van der Waals surface area contributed by atoms with Crippen LogP contribution in [0, 0.1) is 12.8 Å². The maximum absolute atomic E-state index is 12.1. The van der Waals surface area contributed by atoms with Crippen LogP contribution in [-0.2, 0) is 20.8 Å². The van der Waals surface area contributed by atoms with Crippen LogP contribution >= 0.6 is 0 Å². The number of nitrogens with one attached hydrogen (secondary N) is 1. The topological polar surface area (TPSA) is 113 Å². The molecule has 0 unspecified atom stereocenters. The number of amides is 1. The highest BCUT2D eigenvalue weighted by molar-refractivity contribution is 5.72. The first-order chi connectivity index (χ1) is 15.7. The second-order valence-corrected chi connectivity index (χ2v) is 9.17. The van der Waals surface area contributed by atoms with Gasteiger partial charge in [0, 0.05) is 5.56 Å². The van der Waals surface area contributed by atoms with Gasteiger partial charge >= 0.3 is 12.1 Å². The third kappa shape index (κ3) is 6.94. The van der Waals surface area contributed by atoms with Gasteiger partial charge in [-0.3, -0.25) is 4.79 Å². The highest BCUT2D eigenvalue weighted by Gasteiger charge is 2.29.